The van der Waals surface area contributed by atoms with Crippen LogP contribution in [-0.4, -0.2) is 23.3 Å². The molecule has 0 atom stereocenters. The predicted molar refractivity (Wildman–Crippen MR) is 170 cm³/mol. The second-order valence-electron chi connectivity index (χ2n) is 10.00. The van der Waals surface area contributed by atoms with Crippen molar-refractivity contribution < 1.29 is 0 Å². The predicted octanol–water partition coefficient (Wildman–Crippen LogP) is 8.84. The Labute approximate surface area is 244 Å². The minimum absolute atomic E-state index is 0.598. The minimum atomic E-state index is 0.598. The van der Waals surface area contributed by atoms with Crippen molar-refractivity contribution in [2.24, 2.45) is 10.2 Å². The van der Waals surface area contributed by atoms with Gasteiger partial charge in [-0.3, -0.25) is 5.43 Å². The Hall–Kier alpha value is -3.70. The number of aromatic nitrogens is 2. The largest absolute Gasteiger partial charge is 0.363 e. The van der Waals surface area contributed by atoms with Crippen LogP contribution in [0.1, 0.15) is 55.2 Å². The Morgan fingerprint density at radius 2 is 1.57 bits per heavy atom. The molecule has 1 saturated heterocycles. The van der Waals surface area contributed by atoms with Crippen LogP contribution in [0, 0.1) is 13.8 Å². The molecule has 1 fully saturated rings. The van der Waals surface area contributed by atoms with E-state index >= 15 is 0 Å². The molecule has 40 heavy (non-hydrogen) atoms. The smallest absolute Gasteiger partial charge is 0.251 e. The zero-order chi connectivity index (χ0) is 27.7. The fourth-order valence-electron chi connectivity index (χ4n) is 4.51. The van der Waals surface area contributed by atoms with Gasteiger partial charge in [0.2, 0.25) is 0 Å². The summed E-state index contributed by atoms with van der Waals surface area (Å²) in [5.74, 6) is 0. The van der Waals surface area contributed by atoms with E-state index in [-0.39, 0.29) is 0 Å². The summed E-state index contributed by atoms with van der Waals surface area (Å²) in [6.07, 6.45) is 7.07. The van der Waals surface area contributed by atoms with Crippen LogP contribution >= 0.6 is 22.7 Å². The maximum atomic E-state index is 4.40. The summed E-state index contributed by atoms with van der Waals surface area (Å²) >= 11 is 3.29. The number of azo groups is 1. The molecule has 0 bridgehead atoms. The van der Waals surface area contributed by atoms with E-state index in [2.05, 4.69) is 91.2 Å². The van der Waals surface area contributed by atoms with Gasteiger partial charge in [0.05, 0.1) is 27.8 Å². The van der Waals surface area contributed by atoms with E-state index in [9.17, 15) is 0 Å². The molecule has 0 radical (unpaired) electrons. The highest BCUT2D eigenvalue weighted by Crippen LogP contribution is 2.32. The number of unbranched alkanes of at least 4 members (excludes halogenated alkanes) is 2. The summed E-state index contributed by atoms with van der Waals surface area (Å²) in [6, 6.07) is 16.5. The first-order chi connectivity index (χ1) is 19.6. The van der Waals surface area contributed by atoms with Gasteiger partial charge in [-0.05, 0) is 92.8 Å². The van der Waals surface area contributed by atoms with Crippen molar-refractivity contribution >= 4 is 60.6 Å². The zero-order valence-electron chi connectivity index (χ0n) is 23.3. The molecule has 2 aromatic carbocycles. The molecule has 0 aliphatic carbocycles. The number of hydrogen-bond donors (Lipinski definition) is 4. The molecule has 0 unspecified atom stereocenters. The van der Waals surface area contributed by atoms with Gasteiger partial charge < -0.3 is 21.2 Å². The lowest BCUT2D eigenvalue weighted by molar-refractivity contribution is 0.710. The second-order valence-corrected chi connectivity index (χ2v) is 12.1. The molecular formula is C29H37N9S2. The standard InChI is InChI=1S/C29H37N9S2/c1-4-5-6-9-26-35-37-29(40-26)36-33-25-13-10-22(18-21(25)3)30-32-24-12-11-23(19-20(24)2)31-34-27-14-15-28(39-27)38-16-7-8-17-38/h10-15,18-19,30-32,34H,4-9,16-17H2,1-3H3. The molecular weight excluding hydrogens is 539 g/mol. The SMILES string of the molecule is CCCCCc1nnc(N=Nc2ccc(NNc3ccc(NNc4ccc(N5CCCC5)s4)cc3C)cc2C)s1. The van der Waals surface area contributed by atoms with E-state index in [1.807, 2.05) is 25.1 Å². The summed E-state index contributed by atoms with van der Waals surface area (Å²) in [5.41, 5.74) is 19.2. The average Bonchev–Trinajstić information content (AvgIpc) is 3.73. The van der Waals surface area contributed by atoms with E-state index < -0.39 is 0 Å². The molecule has 1 aliphatic heterocycles. The summed E-state index contributed by atoms with van der Waals surface area (Å²) in [6.45, 7) is 8.63. The third-order valence-electron chi connectivity index (χ3n) is 6.80. The van der Waals surface area contributed by atoms with E-state index in [1.165, 1.54) is 42.0 Å². The third kappa shape index (κ3) is 7.48. The summed E-state index contributed by atoms with van der Waals surface area (Å²) in [5, 5.41) is 21.1. The van der Waals surface area contributed by atoms with Gasteiger partial charge >= 0.3 is 0 Å². The Kier molecular flexibility index (Phi) is 9.46. The van der Waals surface area contributed by atoms with Gasteiger partial charge in [-0.15, -0.1) is 20.4 Å². The van der Waals surface area contributed by atoms with Crippen molar-refractivity contribution in [1.82, 2.24) is 10.2 Å². The van der Waals surface area contributed by atoms with Crippen LogP contribution in [0.3, 0.4) is 0 Å². The maximum absolute atomic E-state index is 4.40. The molecule has 9 nitrogen and oxygen atoms in total. The first-order valence-corrected chi connectivity index (χ1v) is 15.5. The number of anilines is 5. The minimum Gasteiger partial charge on any atom is -0.363 e. The van der Waals surface area contributed by atoms with Crippen molar-refractivity contribution in [3.8, 4) is 0 Å². The van der Waals surface area contributed by atoms with Crippen LogP contribution in [0.2, 0.25) is 0 Å². The first-order valence-electron chi connectivity index (χ1n) is 13.9. The van der Waals surface area contributed by atoms with Gasteiger partial charge in [-0.2, -0.15) is 0 Å². The van der Waals surface area contributed by atoms with Crippen LogP contribution in [0.15, 0.2) is 58.8 Å². The Bertz CT molecular complexity index is 1420. The monoisotopic (exact) mass is 575 g/mol. The van der Waals surface area contributed by atoms with Gasteiger partial charge in [0, 0.05) is 19.5 Å². The van der Waals surface area contributed by atoms with E-state index in [4.69, 9.17) is 0 Å². The van der Waals surface area contributed by atoms with E-state index in [0.717, 1.165) is 69.8 Å². The quantitative estimate of drug-likeness (QED) is 0.0717. The van der Waals surface area contributed by atoms with Crippen LogP contribution < -0.4 is 26.6 Å². The van der Waals surface area contributed by atoms with Crippen LogP contribution in [-0.2, 0) is 6.42 Å². The Balaban J connectivity index is 1.11. The highest BCUT2D eigenvalue weighted by molar-refractivity contribution is 7.20. The van der Waals surface area contributed by atoms with Crippen molar-refractivity contribution in [2.75, 3.05) is 39.7 Å². The number of hydrazine groups is 2. The second kappa shape index (κ2) is 13.6. The summed E-state index contributed by atoms with van der Waals surface area (Å²) in [7, 11) is 0. The molecule has 11 heteroatoms. The van der Waals surface area contributed by atoms with Gasteiger partial charge in [0.1, 0.15) is 10.0 Å². The fourth-order valence-corrected chi connectivity index (χ4v) is 6.13. The Morgan fingerprint density at radius 1 is 0.800 bits per heavy atom. The van der Waals surface area contributed by atoms with Gasteiger partial charge in [0.25, 0.3) is 5.13 Å². The van der Waals surface area contributed by atoms with E-state index in [1.54, 1.807) is 11.3 Å². The lowest BCUT2D eigenvalue weighted by atomic mass is 10.2. The highest BCUT2D eigenvalue weighted by atomic mass is 32.1. The number of benzene rings is 2. The lowest BCUT2D eigenvalue weighted by Crippen LogP contribution is -2.15. The molecule has 3 heterocycles. The average molecular weight is 576 g/mol. The molecule has 1 aliphatic rings. The maximum Gasteiger partial charge on any atom is 0.251 e. The molecule has 4 aromatic rings. The summed E-state index contributed by atoms with van der Waals surface area (Å²) in [4.78, 5) is 2.46. The number of hydrogen-bond acceptors (Lipinski definition) is 11. The number of aryl methyl sites for hydroxylation is 3. The third-order valence-corrected chi connectivity index (χ3v) is 8.73. The van der Waals surface area contributed by atoms with Crippen molar-refractivity contribution in [2.45, 2.75) is 59.3 Å². The molecule has 0 amide bonds. The number of rotatable bonds is 13. The van der Waals surface area contributed by atoms with Crippen LogP contribution in [0.25, 0.3) is 0 Å². The number of thiophene rings is 1. The fraction of sp³-hybridized carbons (Fsp3) is 0.379. The van der Waals surface area contributed by atoms with Crippen LogP contribution in [0.4, 0.5) is 37.9 Å². The number of nitrogens with zero attached hydrogens (tertiary/aromatic N) is 5. The lowest BCUT2D eigenvalue weighted by Gasteiger charge is -2.15. The zero-order valence-corrected chi connectivity index (χ0v) is 25.0. The van der Waals surface area contributed by atoms with Crippen molar-refractivity contribution in [1.29, 1.82) is 0 Å². The van der Waals surface area contributed by atoms with Gasteiger partial charge in [-0.1, -0.05) is 42.4 Å². The topological polar surface area (TPSA) is 102 Å². The molecule has 2 aromatic heterocycles. The molecule has 0 saturated carbocycles. The van der Waals surface area contributed by atoms with Gasteiger partial charge in [-0.25, -0.2) is 0 Å². The molecule has 5 rings (SSSR count). The highest BCUT2D eigenvalue weighted by Gasteiger charge is 2.14. The van der Waals surface area contributed by atoms with Crippen LogP contribution in [0.5, 0.6) is 0 Å². The van der Waals surface area contributed by atoms with Crippen molar-refractivity contribution in [3.63, 3.8) is 0 Å². The molecule has 4 N–H and O–H groups in total. The van der Waals surface area contributed by atoms with E-state index in [0.29, 0.717) is 5.13 Å². The molecule has 210 valence electrons. The molecule has 0 spiro atoms. The summed E-state index contributed by atoms with van der Waals surface area (Å²) < 4.78 is 0. The first kappa shape index (κ1) is 27.9. The van der Waals surface area contributed by atoms with Gasteiger partial charge in [0.15, 0.2) is 0 Å². The van der Waals surface area contributed by atoms with Crippen molar-refractivity contribution in [3.05, 3.63) is 64.7 Å². The number of nitrogens with one attached hydrogen (secondary N) is 4. The normalized spacial score (nSPS) is 13.2. The Morgan fingerprint density at radius 3 is 2.35 bits per heavy atom.